The summed E-state index contributed by atoms with van der Waals surface area (Å²) in [5.41, 5.74) is 3.29. The number of aryl methyl sites for hydroxylation is 1. The van der Waals surface area contributed by atoms with Gasteiger partial charge in [0.15, 0.2) is 5.11 Å². The predicted molar refractivity (Wildman–Crippen MR) is 107 cm³/mol. The van der Waals surface area contributed by atoms with Crippen LogP contribution in [0.1, 0.15) is 16.7 Å². The molecule has 1 heterocycles. The maximum absolute atomic E-state index is 13.1. The first-order valence-electron chi connectivity index (χ1n) is 8.30. The molecule has 0 aliphatic heterocycles. The second-order valence-corrected chi connectivity index (χ2v) is 6.59. The Morgan fingerprint density at radius 2 is 1.92 bits per heavy atom. The van der Waals surface area contributed by atoms with Gasteiger partial charge in [-0.05, 0) is 53.9 Å². The van der Waals surface area contributed by atoms with Gasteiger partial charge in [-0.1, -0.05) is 30.3 Å². The number of rotatable bonds is 4. The van der Waals surface area contributed by atoms with Crippen molar-refractivity contribution in [1.82, 2.24) is 15.2 Å². The fourth-order valence-electron chi connectivity index (χ4n) is 2.92. The summed E-state index contributed by atoms with van der Waals surface area (Å²) in [5.74, 6) is -0.280. The Morgan fingerprint density at radius 1 is 1.19 bits per heavy atom. The Bertz CT molecular complexity index is 998. The van der Waals surface area contributed by atoms with Crippen LogP contribution in [-0.4, -0.2) is 22.0 Å². The Kier molecular flexibility index (Phi) is 5.32. The summed E-state index contributed by atoms with van der Waals surface area (Å²) < 4.78 is 13.1. The molecule has 3 aromatic rings. The van der Waals surface area contributed by atoms with E-state index >= 15 is 0 Å². The van der Waals surface area contributed by atoms with E-state index in [4.69, 9.17) is 12.2 Å². The normalized spacial score (nSPS) is 10.7. The van der Waals surface area contributed by atoms with Gasteiger partial charge in [0.2, 0.25) is 0 Å². The highest BCUT2D eigenvalue weighted by Gasteiger charge is 2.13. The number of hydrogen-bond acceptors (Lipinski definition) is 2. The summed E-state index contributed by atoms with van der Waals surface area (Å²) >= 11 is 5.39. The van der Waals surface area contributed by atoms with Crippen molar-refractivity contribution in [3.05, 3.63) is 81.4 Å². The number of aromatic amines is 1. The third kappa shape index (κ3) is 3.91. The number of pyridine rings is 1. The number of para-hydroxylation sites is 1. The van der Waals surface area contributed by atoms with Crippen molar-refractivity contribution in [2.45, 2.75) is 20.0 Å². The highest BCUT2D eigenvalue weighted by atomic mass is 32.1. The largest absolute Gasteiger partial charge is 0.366 e. The van der Waals surface area contributed by atoms with Crippen LogP contribution >= 0.6 is 12.2 Å². The summed E-state index contributed by atoms with van der Waals surface area (Å²) in [5, 5.41) is 4.46. The molecule has 0 atom stereocenters. The zero-order valence-corrected chi connectivity index (χ0v) is 15.5. The molecular weight excluding hydrogens is 349 g/mol. The molecule has 4 nitrogen and oxygen atoms in total. The molecule has 2 aromatic carbocycles. The molecule has 3 rings (SSSR count). The van der Waals surface area contributed by atoms with Gasteiger partial charge in [0.1, 0.15) is 5.82 Å². The quantitative estimate of drug-likeness (QED) is 0.692. The van der Waals surface area contributed by atoms with Gasteiger partial charge >= 0.3 is 0 Å². The van der Waals surface area contributed by atoms with E-state index in [1.165, 1.54) is 12.1 Å². The van der Waals surface area contributed by atoms with Crippen LogP contribution in [0.5, 0.6) is 0 Å². The number of hydrogen-bond donors (Lipinski definition) is 2. The fraction of sp³-hybridized carbons (Fsp3) is 0.200. The second kappa shape index (κ2) is 7.66. The average molecular weight is 369 g/mol. The zero-order chi connectivity index (χ0) is 18.7. The highest BCUT2D eigenvalue weighted by molar-refractivity contribution is 7.80. The lowest BCUT2D eigenvalue weighted by Crippen LogP contribution is -2.38. The molecule has 0 unspecified atom stereocenters. The lowest BCUT2D eigenvalue weighted by Gasteiger charge is -2.25. The van der Waals surface area contributed by atoms with Gasteiger partial charge in [0.25, 0.3) is 5.56 Å². The summed E-state index contributed by atoms with van der Waals surface area (Å²) in [7, 11) is 1.74. The summed E-state index contributed by atoms with van der Waals surface area (Å²) in [4.78, 5) is 17.4. The van der Waals surface area contributed by atoms with E-state index in [0.717, 1.165) is 22.0 Å². The lowest BCUT2D eigenvalue weighted by atomic mass is 10.1. The fourth-order valence-corrected chi connectivity index (χ4v) is 3.05. The molecule has 0 amide bonds. The van der Waals surface area contributed by atoms with Crippen LogP contribution < -0.4 is 10.9 Å². The molecule has 134 valence electrons. The molecule has 0 aliphatic rings. The van der Waals surface area contributed by atoms with Crippen molar-refractivity contribution in [1.29, 1.82) is 0 Å². The van der Waals surface area contributed by atoms with Crippen LogP contribution in [0.3, 0.4) is 0 Å². The molecule has 0 radical (unpaired) electrons. The molecule has 0 spiro atoms. The van der Waals surface area contributed by atoms with E-state index in [2.05, 4.69) is 10.3 Å². The third-order valence-electron chi connectivity index (χ3n) is 4.31. The van der Waals surface area contributed by atoms with Crippen molar-refractivity contribution in [3.63, 3.8) is 0 Å². The number of thiocarbonyl (C=S) groups is 1. The molecule has 0 saturated heterocycles. The smallest absolute Gasteiger partial charge is 0.253 e. The van der Waals surface area contributed by atoms with Gasteiger partial charge in [0, 0.05) is 19.2 Å². The van der Waals surface area contributed by atoms with E-state index in [-0.39, 0.29) is 11.4 Å². The van der Waals surface area contributed by atoms with Gasteiger partial charge in [-0.3, -0.25) is 4.79 Å². The molecule has 6 heteroatoms. The van der Waals surface area contributed by atoms with Crippen LogP contribution in [0.25, 0.3) is 10.9 Å². The average Bonchev–Trinajstić information content (AvgIpc) is 2.63. The van der Waals surface area contributed by atoms with E-state index in [1.54, 1.807) is 19.2 Å². The molecule has 0 fully saturated rings. The Morgan fingerprint density at radius 3 is 2.62 bits per heavy atom. The van der Waals surface area contributed by atoms with Gasteiger partial charge in [0.05, 0.1) is 12.1 Å². The topological polar surface area (TPSA) is 48.1 Å². The number of nitrogens with zero attached hydrogens (tertiary/aromatic N) is 1. The van der Waals surface area contributed by atoms with Crippen molar-refractivity contribution < 1.29 is 4.39 Å². The third-order valence-corrected chi connectivity index (χ3v) is 4.78. The summed E-state index contributed by atoms with van der Waals surface area (Å²) in [6.07, 6.45) is 0. The number of nitrogens with one attached hydrogen (secondary N) is 2. The van der Waals surface area contributed by atoms with Crippen LogP contribution in [0.4, 0.5) is 4.39 Å². The number of fused-ring (bicyclic) bond motifs is 1. The van der Waals surface area contributed by atoms with Crippen molar-refractivity contribution in [2.75, 3.05) is 7.05 Å². The van der Waals surface area contributed by atoms with Crippen LogP contribution in [0.15, 0.2) is 53.3 Å². The van der Waals surface area contributed by atoms with E-state index in [1.807, 2.05) is 36.1 Å². The standard InChI is InChI=1S/C20H20FN3OS/c1-13-4-3-5-15-10-16(19(25)23-18(13)15)12-24(20(26)22-2)11-14-6-8-17(21)9-7-14/h3-10H,11-12H2,1-2H3,(H,22,26)(H,23,25). The number of H-pyrrole nitrogens is 1. The predicted octanol–water partition coefficient (Wildman–Crippen LogP) is 3.48. The first kappa shape index (κ1) is 18.1. The molecule has 1 aromatic heterocycles. The lowest BCUT2D eigenvalue weighted by molar-refractivity contribution is 0.400. The minimum Gasteiger partial charge on any atom is -0.366 e. The molecule has 0 aliphatic carbocycles. The van der Waals surface area contributed by atoms with Gasteiger partial charge in [-0.2, -0.15) is 0 Å². The van der Waals surface area contributed by atoms with Crippen molar-refractivity contribution in [2.24, 2.45) is 0 Å². The molecule has 26 heavy (non-hydrogen) atoms. The van der Waals surface area contributed by atoms with Crippen molar-refractivity contribution >= 4 is 28.2 Å². The number of halogens is 1. The van der Waals surface area contributed by atoms with E-state index in [9.17, 15) is 9.18 Å². The number of benzene rings is 2. The first-order valence-corrected chi connectivity index (χ1v) is 8.71. The van der Waals surface area contributed by atoms with Gasteiger partial charge < -0.3 is 15.2 Å². The minimum absolute atomic E-state index is 0.130. The summed E-state index contributed by atoms with van der Waals surface area (Å²) in [6, 6.07) is 14.1. The van der Waals surface area contributed by atoms with E-state index in [0.29, 0.717) is 23.8 Å². The van der Waals surface area contributed by atoms with E-state index < -0.39 is 0 Å². The highest BCUT2D eigenvalue weighted by Crippen LogP contribution is 2.16. The molecule has 0 saturated carbocycles. The Balaban J connectivity index is 1.92. The molecule has 2 N–H and O–H groups in total. The zero-order valence-electron chi connectivity index (χ0n) is 14.7. The monoisotopic (exact) mass is 369 g/mol. The van der Waals surface area contributed by atoms with Crippen LogP contribution in [0.2, 0.25) is 0 Å². The minimum atomic E-state index is -0.280. The summed E-state index contributed by atoms with van der Waals surface area (Å²) in [6.45, 7) is 2.80. The second-order valence-electron chi connectivity index (χ2n) is 6.20. The van der Waals surface area contributed by atoms with Crippen LogP contribution in [-0.2, 0) is 13.1 Å². The first-order chi connectivity index (χ1) is 12.5. The van der Waals surface area contributed by atoms with Crippen LogP contribution in [0, 0.1) is 12.7 Å². The SMILES string of the molecule is CNC(=S)N(Cc1ccc(F)cc1)Cc1cc2cccc(C)c2[nH]c1=O. The number of aromatic nitrogens is 1. The Labute approximate surface area is 156 Å². The molecule has 0 bridgehead atoms. The van der Waals surface area contributed by atoms with Gasteiger partial charge in [-0.15, -0.1) is 0 Å². The maximum Gasteiger partial charge on any atom is 0.253 e. The maximum atomic E-state index is 13.1. The van der Waals surface area contributed by atoms with Gasteiger partial charge in [-0.25, -0.2) is 4.39 Å². The van der Waals surface area contributed by atoms with Crippen molar-refractivity contribution in [3.8, 4) is 0 Å². The molecular formula is C20H20FN3OS. The Hall–Kier alpha value is -2.73.